The number of esters is 1. The predicted octanol–water partition coefficient (Wildman–Crippen LogP) is 6.54. The Labute approximate surface area is 267 Å². The zero-order valence-corrected chi connectivity index (χ0v) is 27.1. The van der Waals surface area contributed by atoms with Gasteiger partial charge in [0, 0.05) is 44.9 Å². The Morgan fingerprint density at radius 1 is 1.04 bits per heavy atom. The molecule has 0 radical (unpaired) electrons. The number of carbonyl (C=O) groups is 3. The van der Waals surface area contributed by atoms with Crippen LogP contribution in [0.25, 0.3) is 0 Å². The van der Waals surface area contributed by atoms with Crippen LogP contribution in [0.5, 0.6) is 11.6 Å². The first-order valence-corrected chi connectivity index (χ1v) is 15.5. The zero-order chi connectivity index (χ0) is 33.3. The monoisotopic (exact) mass is 704 g/mol. The number of anilines is 1. The van der Waals surface area contributed by atoms with Crippen molar-refractivity contribution in [3.63, 3.8) is 0 Å². The highest BCUT2D eigenvalue weighted by molar-refractivity contribution is 9.09. The lowest BCUT2D eigenvalue weighted by molar-refractivity contribution is -0.139. The average Bonchev–Trinajstić information content (AvgIpc) is 3.01. The minimum atomic E-state index is -4.94. The van der Waals surface area contributed by atoms with E-state index in [2.05, 4.69) is 27.8 Å². The second-order valence-corrected chi connectivity index (χ2v) is 11.6. The third kappa shape index (κ3) is 9.46. The number of benzene rings is 1. The molecule has 0 bridgehead atoms. The van der Waals surface area contributed by atoms with Crippen LogP contribution in [0, 0.1) is 17.7 Å². The number of alkyl halides is 4. The highest BCUT2D eigenvalue weighted by Gasteiger charge is 2.38. The lowest BCUT2D eigenvalue weighted by Crippen LogP contribution is -2.49. The Bertz CT molecular complexity index is 1340. The van der Waals surface area contributed by atoms with Gasteiger partial charge in [0.05, 0.1) is 42.9 Å². The molecular weight excluding hydrogens is 668 g/mol. The predicted molar refractivity (Wildman–Crippen MR) is 160 cm³/mol. The first-order valence-electron chi connectivity index (χ1n) is 14.4. The smallest absolute Gasteiger partial charge is 0.421 e. The maximum atomic E-state index is 15.8. The molecule has 3 rings (SSSR count). The van der Waals surface area contributed by atoms with E-state index in [1.807, 2.05) is 0 Å². The molecule has 1 saturated carbocycles. The van der Waals surface area contributed by atoms with Gasteiger partial charge >= 0.3 is 12.1 Å². The molecule has 2 aromatic rings. The summed E-state index contributed by atoms with van der Waals surface area (Å²) in [5.41, 5.74) is -1.64. The largest absolute Gasteiger partial charge is 0.465 e. The van der Waals surface area contributed by atoms with E-state index in [4.69, 9.17) is 18.9 Å². The lowest BCUT2D eigenvalue weighted by atomic mass is 9.82. The first-order chi connectivity index (χ1) is 21.3. The summed E-state index contributed by atoms with van der Waals surface area (Å²) < 4.78 is 78.7. The van der Waals surface area contributed by atoms with Gasteiger partial charge in [-0.05, 0) is 49.7 Å². The molecule has 1 amide bonds. The molecular formula is C31H37BrF4N2O7. The average molecular weight is 706 g/mol. The molecule has 0 atom stereocenters. The van der Waals surface area contributed by atoms with Crippen molar-refractivity contribution in [3.05, 3.63) is 46.9 Å². The summed E-state index contributed by atoms with van der Waals surface area (Å²) in [4.78, 5) is 43.7. The second kappa shape index (κ2) is 16.5. The second-order valence-electron chi connectivity index (χ2n) is 11.0. The number of halogens is 5. The first kappa shape index (κ1) is 36.4. The van der Waals surface area contributed by atoms with Crippen molar-refractivity contribution in [2.75, 3.05) is 44.8 Å². The summed E-state index contributed by atoms with van der Waals surface area (Å²) in [7, 11) is 3.92. The van der Waals surface area contributed by atoms with Crippen molar-refractivity contribution in [1.29, 1.82) is 0 Å². The molecule has 1 aromatic heterocycles. The number of ketones is 1. The van der Waals surface area contributed by atoms with Crippen molar-refractivity contribution in [3.8, 4) is 11.6 Å². The lowest BCUT2D eigenvalue weighted by Gasteiger charge is -2.36. The van der Waals surface area contributed by atoms with Gasteiger partial charge in [-0.3, -0.25) is 9.59 Å². The van der Waals surface area contributed by atoms with Crippen LogP contribution in [0.1, 0.15) is 60.5 Å². The Kier molecular flexibility index (Phi) is 13.3. The van der Waals surface area contributed by atoms with Gasteiger partial charge in [-0.1, -0.05) is 22.9 Å². The van der Waals surface area contributed by atoms with Gasteiger partial charge < -0.3 is 23.8 Å². The molecule has 1 aliphatic carbocycles. The number of nitrogens with zero attached hydrogens (tertiary/aromatic N) is 2. The molecule has 1 aromatic carbocycles. The van der Waals surface area contributed by atoms with E-state index in [0.717, 1.165) is 44.3 Å². The quantitative estimate of drug-likeness (QED) is 0.124. The molecule has 1 heterocycles. The van der Waals surface area contributed by atoms with Gasteiger partial charge in [-0.25, -0.2) is 14.2 Å². The Morgan fingerprint density at radius 3 is 2.24 bits per heavy atom. The fourth-order valence-corrected chi connectivity index (χ4v) is 5.53. The fourth-order valence-electron chi connectivity index (χ4n) is 5.25. The van der Waals surface area contributed by atoms with E-state index in [9.17, 15) is 27.6 Å². The number of Topliss-reactive ketones (excluding diaryl/α,β-unsaturated/α-hetero) is 1. The third-order valence-electron chi connectivity index (χ3n) is 7.66. The summed E-state index contributed by atoms with van der Waals surface area (Å²) in [6.45, 7) is 2.06. The van der Waals surface area contributed by atoms with Crippen molar-refractivity contribution < 1.29 is 50.9 Å². The van der Waals surface area contributed by atoms with Crippen LogP contribution < -0.4 is 9.64 Å². The molecule has 248 valence electrons. The van der Waals surface area contributed by atoms with Gasteiger partial charge in [0.1, 0.15) is 11.3 Å². The molecule has 0 aliphatic heterocycles. The molecule has 0 saturated heterocycles. The number of amides is 1. The Hall–Kier alpha value is -3.10. The molecule has 9 nitrogen and oxygen atoms in total. The molecule has 0 N–H and O–H groups in total. The van der Waals surface area contributed by atoms with E-state index < -0.39 is 47.1 Å². The number of ether oxygens (including phenoxy) is 4. The van der Waals surface area contributed by atoms with Crippen LogP contribution >= 0.6 is 15.9 Å². The van der Waals surface area contributed by atoms with Crippen molar-refractivity contribution in [1.82, 2.24) is 4.98 Å². The fraction of sp³-hybridized carbons (Fsp3) is 0.548. The topological polar surface area (TPSA) is 104 Å². The van der Waals surface area contributed by atoms with E-state index in [-0.39, 0.29) is 59.9 Å². The molecule has 45 heavy (non-hydrogen) atoms. The van der Waals surface area contributed by atoms with Crippen LogP contribution in [-0.2, 0) is 36.4 Å². The Balaban J connectivity index is 2.11. The van der Waals surface area contributed by atoms with E-state index in [0.29, 0.717) is 18.8 Å². The highest BCUT2D eigenvalue weighted by atomic mass is 79.9. The van der Waals surface area contributed by atoms with E-state index in [1.165, 1.54) is 19.1 Å². The number of aryl methyl sites for hydroxylation is 1. The number of pyridine rings is 1. The van der Waals surface area contributed by atoms with Gasteiger partial charge in [0.25, 0.3) is 0 Å². The van der Waals surface area contributed by atoms with Crippen LogP contribution in [-0.4, -0.2) is 68.6 Å². The van der Waals surface area contributed by atoms with E-state index >= 15 is 4.39 Å². The highest BCUT2D eigenvalue weighted by Crippen LogP contribution is 2.40. The van der Waals surface area contributed by atoms with Gasteiger partial charge in [-0.2, -0.15) is 13.2 Å². The molecule has 1 fully saturated rings. The standard InChI is InChI=1S/C31H37BrF4N2O7/c1-18-5-8-20(9-6-18)29(40)38(21(16-42-2)17-43-3)26-13-25(33)27(12-23(26)30(41)44-4)45-28-24(31(34,35)36)11-19(15-37-28)7-10-22(39)14-32/h11-13,15,18,20-21H,5-10,14,16-17H2,1-4H3. The number of hydrogen-bond acceptors (Lipinski definition) is 8. The van der Waals surface area contributed by atoms with Crippen LogP contribution in [0.15, 0.2) is 24.4 Å². The minimum absolute atomic E-state index is 0.00419. The zero-order valence-electron chi connectivity index (χ0n) is 25.5. The molecule has 0 unspecified atom stereocenters. The summed E-state index contributed by atoms with van der Waals surface area (Å²) in [5, 5.41) is 0.0616. The van der Waals surface area contributed by atoms with Crippen molar-refractivity contribution >= 4 is 39.3 Å². The molecule has 14 heteroatoms. The van der Waals surface area contributed by atoms with Crippen LogP contribution in [0.2, 0.25) is 0 Å². The number of hydrogen-bond donors (Lipinski definition) is 0. The maximum absolute atomic E-state index is 15.8. The normalized spacial score (nSPS) is 16.8. The molecule has 0 spiro atoms. The summed E-state index contributed by atoms with van der Waals surface area (Å²) >= 11 is 3.01. The van der Waals surface area contributed by atoms with Crippen molar-refractivity contribution in [2.45, 2.75) is 57.7 Å². The minimum Gasteiger partial charge on any atom is -0.465 e. The summed E-state index contributed by atoms with van der Waals surface area (Å²) in [6, 6.07) is 1.75. The van der Waals surface area contributed by atoms with Gasteiger partial charge in [0.15, 0.2) is 11.6 Å². The maximum Gasteiger partial charge on any atom is 0.421 e. The van der Waals surface area contributed by atoms with Gasteiger partial charge in [0.2, 0.25) is 11.8 Å². The number of aromatic nitrogens is 1. The summed E-state index contributed by atoms with van der Waals surface area (Å²) in [6.07, 6.45) is -1.03. The van der Waals surface area contributed by atoms with Crippen LogP contribution in [0.4, 0.5) is 23.2 Å². The number of carbonyl (C=O) groups excluding carboxylic acids is 3. The molecule has 1 aliphatic rings. The van der Waals surface area contributed by atoms with E-state index in [1.54, 1.807) is 0 Å². The summed E-state index contributed by atoms with van der Waals surface area (Å²) in [5.74, 6) is -4.37. The number of methoxy groups -OCH3 is 3. The third-order valence-corrected chi connectivity index (χ3v) is 8.29. The van der Waals surface area contributed by atoms with Gasteiger partial charge in [-0.15, -0.1) is 0 Å². The number of rotatable bonds is 14. The SMILES string of the molecule is COCC(COC)N(C(=O)C1CCC(C)CC1)c1cc(F)c(Oc2ncc(CCC(=O)CBr)cc2C(F)(F)F)cc1C(=O)OC. The van der Waals surface area contributed by atoms with Crippen LogP contribution in [0.3, 0.4) is 0 Å². The Morgan fingerprint density at radius 2 is 1.69 bits per heavy atom. The van der Waals surface area contributed by atoms with Crippen molar-refractivity contribution in [2.24, 2.45) is 11.8 Å².